The first kappa shape index (κ1) is 14.5. The number of aryl methyl sites for hydroxylation is 2. The van der Waals surface area contributed by atoms with Gasteiger partial charge in [-0.3, -0.25) is 4.79 Å². The van der Waals surface area contributed by atoms with Gasteiger partial charge in [0.15, 0.2) is 0 Å². The molecule has 3 rings (SSSR count). The average Bonchev–Trinajstić information content (AvgIpc) is 2.53. The first-order chi connectivity index (χ1) is 10.6. The molecule has 0 radical (unpaired) electrons. The minimum Gasteiger partial charge on any atom is -0.308 e. The summed E-state index contributed by atoms with van der Waals surface area (Å²) in [6.45, 7) is 4.17. The van der Waals surface area contributed by atoms with Crippen LogP contribution >= 0.6 is 0 Å². The SMILES string of the molecule is CCC(c1cccc(C)c1)c1nc2ccccc2n(C)c1=O. The van der Waals surface area contributed by atoms with Gasteiger partial charge < -0.3 is 4.57 Å². The number of benzene rings is 2. The standard InChI is InChI=1S/C19H20N2O/c1-4-15(14-9-7-8-13(2)12-14)18-19(22)21(3)17-11-6-5-10-16(17)20-18/h5-12,15H,4H2,1-3H3. The van der Waals surface area contributed by atoms with Crippen molar-refractivity contribution < 1.29 is 0 Å². The normalized spacial score (nSPS) is 12.5. The van der Waals surface area contributed by atoms with Crippen LogP contribution in [0.4, 0.5) is 0 Å². The van der Waals surface area contributed by atoms with Crippen LogP contribution < -0.4 is 5.56 Å². The summed E-state index contributed by atoms with van der Waals surface area (Å²) >= 11 is 0. The van der Waals surface area contributed by atoms with Gasteiger partial charge in [0, 0.05) is 13.0 Å². The van der Waals surface area contributed by atoms with Crippen LogP contribution in [0.3, 0.4) is 0 Å². The number of fused-ring (bicyclic) bond motifs is 1. The predicted molar refractivity (Wildman–Crippen MR) is 90.3 cm³/mol. The van der Waals surface area contributed by atoms with E-state index >= 15 is 0 Å². The average molecular weight is 292 g/mol. The molecule has 0 fully saturated rings. The molecule has 112 valence electrons. The Morgan fingerprint density at radius 3 is 2.64 bits per heavy atom. The van der Waals surface area contributed by atoms with Crippen LogP contribution in [-0.4, -0.2) is 9.55 Å². The second kappa shape index (κ2) is 5.76. The monoisotopic (exact) mass is 292 g/mol. The summed E-state index contributed by atoms with van der Waals surface area (Å²) in [6.07, 6.45) is 0.851. The van der Waals surface area contributed by atoms with Gasteiger partial charge in [0.1, 0.15) is 5.69 Å². The Labute approximate surface area is 130 Å². The molecule has 0 spiro atoms. The number of para-hydroxylation sites is 2. The van der Waals surface area contributed by atoms with Crippen LogP contribution in [0.5, 0.6) is 0 Å². The van der Waals surface area contributed by atoms with Gasteiger partial charge in [-0.1, -0.05) is 48.9 Å². The Hall–Kier alpha value is -2.42. The summed E-state index contributed by atoms with van der Waals surface area (Å²) in [6, 6.07) is 16.1. The fourth-order valence-electron chi connectivity index (χ4n) is 3.00. The van der Waals surface area contributed by atoms with Crippen LogP contribution in [0.25, 0.3) is 11.0 Å². The smallest absolute Gasteiger partial charge is 0.273 e. The van der Waals surface area contributed by atoms with Crippen molar-refractivity contribution in [3.63, 3.8) is 0 Å². The third-order valence-electron chi connectivity index (χ3n) is 4.19. The van der Waals surface area contributed by atoms with Crippen molar-refractivity contribution in [3.05, 3.63) is 75.7 Å². The molecule has 0 aliphatic heterocycles. The molecular weight excluding hydrogens is 272 g/mol. The first-order valence-electron chi connectivity index (χ1n) is 7.64. The van der Waals surface area contributed by atoms with E-state index < -0.39 is 0 Å². The van der Waals surface area contributed by atoms with Gasteiger partial charge in [-0.05, 0) is 31.0 Å². The van der Waals surface area contributed by atoms with Gasteiger partial charge >= 0.3 is 0 Å². The van der Waals surface area contributed by atoms with E-state index in [1.165, 1.54) is 5.56 Å². The minimum absolute atomic E-state index is 0.00736. The lowest BCUT2D eigenvalue weighted by atomic mass is 9.92. The molecule has 0 amide bonds. The highest BCUT2D eigenvalue weighted by molar-refractivity contribution is 5.74. The molecule has 22 heavy (non-hydrogen) atoms. The van der Waals surface area contributed by atoms with Crippen molar-refractivity contribution in [3.8, 4) is 0 Å². The van der Waals surface area contributed by atoms with Crippen molar-refractivity contribution >= 4 is 11.0 Å². The largest absolute Gasteiger partial charge is 0.308 e. The molecule has 3 aromatic rings. The van der Waals surface area contributed by atoms with Crippen LogP contribution in [0.2, 0.25) is 0 Å². The van der Waals surface area contributed by atoms with Gasteiger partial charge in [-0.15, -0.1) is 0 Å². The molecule has 3 nitrogen and oxygen atoms in total. The number of hydrogen-bond acceptors (Lipinski definition) is 2. The van der Waals surface area contributed by atoms with Gasteiger partial charge in [0.25, 0.3) is 5.56 Å². The maximum Gasteiger partial charge on any atom is 0.273 e. The van der Waals surface area contributed by atoms with Gasteiger partial charge in [0.05, 0.1) is 11.0 Å². The Kier molecular flexibility index (Phi) is 3.80. The lowest BCUT2D eigenvalue weighted by Gasteiger charge is -2.17. The highest BCUT2D eigenvalue weighted by atomic mass is 16.1. The second-order valence-corrected chi connectivity index (χ2v) is 5.72. The molecule has 3 heteroatoms. The fraction of sp³-hybridized carbons (Fsp3) is 0.263. The maximum absolute atomic E-state index is 12.7. The van der Waals surface area contributed by atoms with E-state index in [0.717, 1.165) is 23.0 Å². The molecule has 0 saturated heterocycles. The summed E-state index contributed by atoms with van der Waals surface area (Å²) in [4.78, 5) is 17.4. The number of hydrogen-bond donors (Lipinski definition) is 0. The number of nitrogens with zero attached hydrogens (tertiary/aromatic N) is 2. The van der Waals surface area contributed by atoms with E-state index in [0.29, 0.717) is 5.69 Å². The molecule has 0 aliphatic carbocycles. The van der Waals surface area contributed by atoms with Crippen molar-refractivity contribution in [2.45, 2.75) is 26.2 Å². The zero-order valence-electron chi connectivity index (χ0n) is 13.2. The summed E-state index contributed by atoms with van der Waals surface area (Å²) in [7, 11) is 1.82. The highest BCUT2D eigenvalue weighted by Crippen LogP contribution is 2.26. The summed E-state index contributed by atoms with van der Waals surface area (Å²) in [5, 5.41) is 0. The van der Waals surface area contributed by atoms with Crippen molar-refractivity contribution in [1.29, 1.82) is 0 Å². The third-order valence-corrected chi connectivity index (χ3v) is 4.19. The van der Waals surface area contributed by atoms with Gasteiger partial charge in [-0.2, -0.15) is 0 Å². The van der Waals surface area contributed by atoms with E-state index in [4.69, 9.17) is 0 Å². The Morgan fingerprint density at radius 1 is 1.14 bits per heavy atom. The van der Waals surface area contributed by atoms with E-state index in [1.807, 2.05) is 37.4 Å². The minimum atomic E-state index is -0.00736. The molecule has 1 atom stereocenters. The predicted octanol–water partition coefficient (Wildman–Crippen LogP) is 3.78. The van der Waals surface area contributed by atoms with E-state index in [1.54, 1.807) is 4.57 Å². The van der Waals surface area contributed by atoms with Crippen LogP contribution in [0.1, 0.15) is 36.1 Å². The first-order valence-corrected chi connectivity index (χ1v) is 7.64. The quantitative estimate of drug-likeness (QED) is 0.736. The summed E-state index contributed by atoms with van der Waals surface area (Å²) in [5.74, 6) is 0.0307. The molecule has 1 aromatic heterocycles. The molecule has 0 aliphatic rings. The van der Waals surface area contributed by atoms with Gasteiger partial charge in [0.2, 0.25) is 0 Å². The molecule has 2 aromatic carbocycles. The number of aromatic nitrogens is 2. The lowest BCUT2D eigenvalue weighted by Crippen LogP contribution is -2.26. The number of rotatable bonds is 3. The molecule has 1 heterocycles. The zero-order valence-corrected chi connectivity index (χ0v) is 13.2. The Balaban J connectivity index is 2.23. The van der Waals surface area contributed by atoms with Crippen LogP contribution in [-0.2, 0) is 7.05 Å². The second-order valence-electron chi connectivity index (χ2n) is 5.72. The molecule has 0 saturated carbocycles. The molecular formula is C19H20N2O. The third kappa shape index (κ3) is 2.43. The van der Waals surface area contributed by atoms with Crippen molar-refractivity contribution in [2.24, 2.45) is 7.05 Å². The Bertz CT molecular complexity index is 880. The van der Waals surface area contributed by atoms with E-state index in [2.05, 4.69) is 37.0 Å². The lowest BCUT2D eigenvalue weighted by molar-refractivity contribution is 0.718. The summed E-state index contributed by atoms with van der Waals surface area (Å²) in [5.41, 5.74) is 4.72. The fourth-order valence-corrected chi connectivity index (χ4v) is 3.00. The van der Waals surface area contributed by atoms with Gasteiger partial charge in [-0.25, -0.2) is 4.98 Å². The topological polar surface area (TPSA) is 34.9 Å². The zero-order chi connectivity index (χ0) is 15.7. The van der Waals surface area contributed by atoms with Crippen molar-refractivity contribution in [1.82, 2.24) is 9.55 Å². The molecule has 0 N–H and O–H groups in total. The maximum atomic E-state index is 12.7. The van der Waals surface area contributed by atoms with Crippen molar-refractivity contribution in [2.75, 3.05) is 0 Å². The molecule has 1 unspecified atom stereocenters. The molecule has 0 bridgehead atoms. The Morgan fingerprint density at radius 2 is 1.91 bits per heavy atom. The highest BCUT2D eigenvalue weighted by Gasteiger charge is 2.19. The van der Waals surface area contributed by atoms with E-state index in [-0.39, 0.29) is 11.5 Å². The van der Waals surface area contributed by atoms with Crippen LogP contribution in [0, 0.1) is 6.92 Å². The van der Waals surface area contributed by atoms with Crippen LogP contribution in [0.15, 0.2) is 53.3 Å². The van der Waals surface area contributed by atoms with E-state index in [9.17, 15) is 4.79 Å². The summed E-state index contributed by atoms with van der Waals surface area (Å²) < 4.78 is 1.70.